The molecule has 0 aromatic heterocycles. The number of fused-ring (bicyclic) bond motifs is 5. The van der Waals surface area contributed by atoms with Crippen molar-refractivity contribution in [2.45, 2.75) is 98.0 Å². The summed E-state index contributed by atoms with van der Waals surface area (Å²) < 4.78 is 10.4. The van der Waals surface area contributed by atoms with Gasteiger partial charge in [-0.15, -0.1) is 0 Å². The Labute approximate surface area is 193 Å². The van der Waals surface area contributed by atoms with Gasteiger partial charge in [0.25, 0.3) is 0 Å². The van der Waals surface area contributed by atoms with E-state index in [-0.39, 0.29) is 28.9 Å². The number of Topliss-reactive ketones (excluding diaryl/α,β-unsaturated/α-hetero) is 1. The Kier molecular flexibility index (Phi) is 6.50. The molecule has 0 N–H and O–H groups in total. The summed E-state index contributed by atoms with van der Waals surface area (Å²) in [6, 6.07) is 0. The van der Waals surface area contributed by atoms with Gasteiger partial charge < -0.3 is 9.47 Å². The molecule has 4 rings (SSSR count). The van der Waals surface area contributed by atoms with Crippen molar-refractivity contribution in [2.75, 3.05) is 7.11 Å². The standard InChI is InChI=1S/C27H42O5/c1-16(6-11-25(30)31-5)21-9-10-22-20-8-7-18-14-19(32-17(2)28)12-13-26(18,3)23(20)15-24(29)27(21,22)4/h16,18-23H,6-15H2,1-5H3/t16-,18?,19?,20+,21-,22+,23+,26+,27-/m1/s1. The molecule has 4 fully saturated rings. The molecule has 0 aliphatic heterocycles. The lowest BCUT2D eigenvalue weighted by Gasteiger charge is -2.60. The summed E-state index contributed by atoms with van der Waals surface area (Å²) in [5.41, 5.74) is -0.0556. The van der Waals surface area contributed by atoms with Crippen molar-refractivity contribution < 1.29 is 23.9 Å². The Bertz CT molecular complexity index is 761. The van der Waals surface area contributed by atoms with E-state index < -0.39 is 0 Å². The van der Waals surface area contributed by atoms with E-state index in [0.717, 1.165) is 38.5 Å². The number of hydrogen-bond acceptors (Lipinski definition) is 5. The van der Waals surface area contributed by atoms with Crippen molar-refractivity contribution in [2.24, 2.45) is 46.3 Å². The molecule has 2 unspecified atom stereocenters. The van der Waals surface area contributed by atoms with Gasteiger partial charge in [-0.3, -0.25) is 14.4 Å². The lowest BCUT2D eigenvalue weighted by atomic mass is 9.44. The summed E-state index contributed by atoms with van der Waals surface area (Å²) in [5, 5.41) is 0. The number of carbonyl (C=O) groups excluding carboxylic acids is 3. The van der Waals surface area contributed by atoms with Gasteiger partial charge in [-0.1, -0.05) is 20.8 Å². The summed E-state index contributed by atoms with van der Waals surface area (Å²) in [6.07, 6.45) is 9.61. The number of methoxy groups -OCH3 is 1. The first-order valence-corrected chi connectivity index (χ1v) is 12.9. The molecule has 0 heterocycles. The van der Waals surface area contributed by atoms with E-state index in [1.807, 2.05) is 0 Å². The number of esters is 2. The Morgan fingerprint density at radius 3 is 2.53 bits per heavy atom. The van der Waals surface area contributed by atoms with Gasteiger partial charge >= 0.3 is 11.9 Å². The smallest absolute Gasteiger partial charge is 0.305 e. The highest BCUT2D eigenvalue weighted by molar-refractivity contribution is 5.87. The first kappa shape index (κ1) is 23.8. The van der Waals surface area contributed by atoms with Gasteiger partial charge in [-0.2, -0.15) is 0 Å². The van der Waals surface area contributed by atoms with Gasteiger partial charge in [0.05, 0.1) is 7.11 Å². The molecule has 0 saturated heterocycles. The maximum atomic E-state index is 13.8. The van der Waals surface area contributed by atoms with Crippen LogP contribution in [0.15, 0.2) is 0 Å². The molecule has 4 saturated carbocycles. The van der Waals surface area contributed by atoms with Gasteiger partial charge in [-0.25, -0.2) is 0 Å². The van der Waals surface area contributed by atoms with Gasteiger partial charge in [0.15, 0.2) is 0 Å². The molecule has 0 aromatic carbocycles. The van der Waals surface area contributed by atoms with Crippen LogP contribution in [0.5, 0.6) is 0 Å². The lowest BCUT2D eigenvalue weighted by molar-refractivity contribution is -0.167. The molecule has 5 heteroatoms. The molecule has 4 aliphatic rings. The van der Waals surface area contributed by atoms with Gasteiger partial charge in [-0.05, 0) is 92.3 Å². The van der Waals surface area contributed by atoms with E-state index in [0.29, 0.717) is 54.1 Å². The molecule has 0 radical (unpaired) electrons. The molecule has 32 heavy (non-hydrogen) atoms. The van der Waals surface area contributed by atoms with Crippen molar-refractivity contribution in [3.05, 3.63) is 0 Å². The molecule has 0 amide bonds. The second kappa shape index (κ2) is 8.76. The average Bonchev–Trinajstić information content (AvgIpc) is 3.11. The Morgan fingerprint density at radius 1 is 1.09 bits per heavy atom. The molecular weight excluding hydrogens is 404 g/mol. The minimum atomic E-state index is -0.241. The molecule has 0 spiro atoms. The van der Waals surface area contributed by atoms with E-state index in [2.05, 4.69) is 20.8 Å². The van der Waals surface area contributed by atoms with Gasteiger partial charge in [0, 0.05) is 25.2 Å². The third kappa shape index (κ3) is 3.81. The molecular formula is C27H42O5. The first-order valence-electron chi connectivity index (χ1n) is 12.9. The Morgan fingerprint density at radius 2 is 1.84 bits per heavy atom. The summed E-state index contributed by atoms with van der Waals surface area (Å²) in [5.74, 6) is 3.00. The van der Waals surface area contributed by atoms with Crippen molar-refractivity contribution >= 4 is 17.7 Å². The first-order chi connectivity index (χ1) is 15.1. The summed E-state index contributed by atoms with van der Waals surface area (Å²) in [6.45, 7) is 8.43. The van der Waals surface area contributed by atoms with Crippen LogP contribution in [-0.2, 0) is 23.9 Å². The van der Waals surface area contributed by atoms with E-state index in [9.17, 15) is 14.4 Å². The molecule has 180 valence electrons. The second-order valence-corrected chi connectivity index (χ2v) is 11.8. The minimum Gasteiger partial charge on any atom is -0.469 e. The van der Waals surface area contributed by atoms with E-state index in [1.165, 1.54) is 26.9 Å². The number of rotatable bonds is 5. The summed E-state index contributed by atoms with van der Waals surface area (Å²) >= 11 is 0. The minimum absolute atomic E-state index is 0.0539. The summed E-state index contributed by atoms with van der Waals surface area (Å²) in [7, 11) is 1.45. The van der Waals surface area contributed by atoms with Crippen LogP contribution in [0.2, 0.25) is 0 Å². The predicted molar refractivity (Wildman–Crippen MR) is 122 cm³/mol. The quantitative estimate of drug-likeness (QED) is 0.533. The van der Waals surface area contributed by atoms with Crippen LogP contribution < -0.4 is 0 Å². The van der Waals surface area contributed by atoms with Crippen LogP contribution in [0.25, 0.3) is 0 Å². The summed E-state index contributed by atoms with van der Waals surface area (Å²) in [4.78, 5) is 37.0. The number of carbonyl (C=O) groups is 3. The van der Waals surface area contributed by atoms with Crippen LogP contribution in [0.3, 0.4) is 0 Å². The van der Waals surface area contributed by atoms with E-state index in [4.69, 9.17) is 9.47 Å². The zero-order chi connectivity index (χ0) is 23.3. The fraction of sp³-hybridized carbons (Fsp3) is 0.889. The Balaban J connectivity index is 1.50. The zero-order valence-electron chi connectivity index (χ0n) is 20.7. The number of hydrogen-bond donors (Lipinski definition) is 0. The van der Waals surface area contributed by atoms with Crippen molar-refractivity contribution in [3.8, 4) is 0 Å². The highest BCUT2D eigenvalue weighted by Crippen LogP contribution is 2.67. The molecule has 9 atom stereocenters. The van der Waals surface area contributed by atoms with Gasteiger partial charge in [0.1, 0.15) is 11.9 Å². The largest absolute Gasteiger partial charge is 0.469 e. The maximum Gasteiger partial charge on any atom is 0.305 e. The van der Waals surface area contributed by atoms with Crippen LogP contribution in [0.1, 0.15) is 91.9 Å². The molecule has 0 bridgehead atoms. The maximum absolute atomic E-state index is 13.8. The highest BCUT2D eigenvalue weighted by Gasteiger charge is 2.64. The predicted octanol–water partition coefficient (Wildman–Crippen LogP) is 5.35. The van der Waals surface area contributed by atoms with Crippen molar-refractivity contribution in [1.82, 2.24) is 0 Å². The van der Waals surface area contributed by atoms with Crippen LogP contribution in [0, 0.1) is 46.3 Å². The fourth-order valence-electron chi connectivity index (χ4n) is 8.86. The Hall–Kier alpha value is -1.39. The normalized spacial score (nSPS) is 44.1. The second-order valence-electron chi connectivity index (χ2n) is 11.8. The number of ether oxygens (including phenoxy) is 2. The van der Waals surface area contributed by atoms with Crippen LogP contribution in [-0.4, -0.2) is 30.9 Å². The molecule has 4 aliphatic carbocycles. The van der Waals surface area contributed by atoms with E-state index in [1.54, 1.807) is 0 Å². The third-order valence-electron chi connectivity index (χ3n) is 10.6. The SMILES string of the molecule is COC(=O)CC[C@@H](C)[C@H]1CC[C@H]2[C@@H]3CCC4CC(OC(C)=O)CC[C@]4(C)[C@H]3CC(=O)[C@]12C. The van der Waals surface area contributed by atoms with E-state index >= 15 is 0 Å². The number of ketones is 1. The zero-order valence-corrected chi connectivity index (χ0v) is 20.7. The fourth-order valence-corrected chi connectivity index (χ4v) is 8.86. The van der Waals surface area contributed by atoms with Crippen LogP contribution in [0.4, 0.5) is 0 Å². The molecule has 0 aromatic rings. The highest BCUT2D eigenvalue weighted by atomic mass is 16.5. The van der Waals surface area contributed by atoms with Crippen LogP contribution >= 0.6 is 0 Å². The third-order valence-corrected chi connectivity index (χ3v) is 10.6. The molecule has 5 nitrogen and oxygen atoms in total. The van der Waals surface area contributed by atoms with Crippen molar-refractivity contribution in [3.63, 3.8) is 0 Å². The lowest BCUT2D eigenvalue weighted by Crippen LogP contribution is -2.57. The monoisotopic (exact) mass is 446 g/mol. The topological polar surface area (TPSA) is 69.7 Å². The average molecular weight is 447 g/mol. The van der Waals surface area contributed by atoms with Crippen molar-refractivity contribution in [1.29, 1.82) is 0 Å². The van der Waals surface area contributed by atoms with Gasteiger partial charge in [0.2, 0.25) is 0 Å².